The highest BCUT2D eigenvalue weighted by molar-refractivity contribution is 6.13. The van der Waals surface area contributed by atoms with Gasteiger partial charge in [0.25, 0.3) is 0 Å². The Morgan fingerprint density at radius 2 is 0.598 bits per heavy atom. The predicted molar refractivity (Wildman–Crippen MR) is 430 cm³/mol. The highest BCUT2D eigenvalue weighted by Gasteiger charge is 2.24. The Hall–Kier alpha value is -13.5. The Balaban J connectivity index is 0.635. The number of benzene rings is 17. The summed E-state index contributed by atoms with van der Waals surface area (Å²) in [7, 11) is 0. The lowest BCUT2D eigenvalue weighted by atomic mass is 9.92. The number of furan rings is 1. The fourth-order valence-corrected chi connectivity index (χ4v) is 15.5. The lowest BCUT2D eigenvalue weighted by molar-refractivity contribution is 0.670. The molecule has 0 aliphatic carbocycles. The molecule has 0 radical (unpaired) electrons. The molecule has 0 amide bonds. The summed E-state index contributed by atoms with van der Waals surface area (Å²) in [5, 5.41) is 9.39. The Morgan fingerprint density at radius 1 is 0.206 bits per heavy atom. The molecular formula is C98H65N3O. The molecule has 19 rings (SSSR count). The van der Waals surface area contributed by atoms with Gasteiger partial charge >= 0.3 is 0 Å². The van der Waals surface area contributed by atoms with Gasteiger partial charge in [-0.3, -0.25) is 0 Å². The van der Waals surface area contributed by atoms with Gasteiger partial charge in [0.05, 0.1) is 22.4 Å². The van der Waals surface area contributed by atoms with Crippen molar-refractivity contribution < 1.29 is 4.42 Å². The second-order valence-electron chi connectivity index (χ2n) is 26.3. The standard InChI is InChI=1S/C98H65N3O/c1-4-21-66(22-5-1)69-45-52-77(53-46-69)99(93-38-18-29-72-27-10-12-31-83(72)93)80-58-60-82(90(64-80)74-23-6-2-7-24-74)76-51-62-96-92(63-76)86-33-14-16-37-95(86)101(96)79-56-49-71(50-57-79)68-43-41-67(42-44-68)70-47-54-78(55-48-70)100(94-39-19-30-73-28-11-13-32-84(73)94)81-59-61-85(91(65-81)75-25-8-3-9-26-75)88-35-20-36-89-87-34-15-17-40-97(87)102-98(88)89/h1-65H. The van der Waals surface area contributed by atoms with Crippen LogP contribution in [0.25, 0.3) is 149 Å². The van der Waals surface area contributed by atoms with Crippen molar-refractivity contribution in [1.82, 2.24) is 4.57 Å². The normalized spacial score (nSPS) is 11.5. The summed E-state index contributed by atoms with van der Waals surface area (Å²) in [4.78, 5) is 4.82. The van der Waals surface area contributed by atoms with Gasteiger partial charge in [-0.15, -0.1) is 0 Å². The first-order chi connectivity index (χ1) is 50.6. The summed E-state index contributed by atoms with van der Waals surface area (Å²) in [6.07, 6.45) is 0. The topological polar surface area (TPSA) is 24.6 Å². The summed E-state index contributed by atoms with van der Waals surface area (Å²) < 4.78 is 9.07. The number of anilines is 6. The third-order valence-corrected chi connectivity index (χ3v) is 20.4. The molecule has 0 unspecified atom stereocenters. The first kappa shape index (κ1) is 59.7. The summed E-state index contributed by atoms with van der Waals surface area (Å²) in [5.74, 6) is 0. The maximum absolute atomic E-state index is 6.66. The van der Waals surface area contributed by atoms with Gasteiger partial charge in [-0.2, -0.15) is 0 Å². The van der Waals surface area contributed by atoms with Crippen molar-refractivity contribution in [3.8, 4) is 83.6 Å². The van der Waals surface area contributed by atoms with E-state index in [1.807, 2.05) is 6.07 Å². The van der Waals surface area contributed by atoms with Crippen LogP contribution >= 0.6 is 0 Å². The van der Waals surface area contributed by atoms with Crippen LogP contribution in [0.3, 0.4) is 0 Å². The Bertz CT molecular complexity index is 6330. The maximum atomic E-state index is 6.66. The first-order valence-corrected chi connectivity index (χ1v) is 34.9. The molecule has 102 heavy (non-hydrogen) atoms. The average molecular weight is 1300 g/mol. The minimum atomic E-state index is 0.887. The van der Waals surface area contributed by atoms with Crippen LogP contribution in [0, 0.1) is 0 Å². The largest absolute Gasteiger partial charge is 0.455 e. The molecule has 0 bridgehead atoms. The quantitative estimate of drug-likeness (QED) is 0.108. The van der Waals surface area contributed by atoms with Crippen LogP contribution in [0.4, 0.5) is 34.1 Å². The molecule has 4 nitrogen and oxygen atoms in total. The maximum Gasteiger partial charge on any atom is 0.143 e. The first-order valence-electron chi connectivity index (χ1n) is 34.9. The fraction of sp³-hybridized carbons (Fsp3) is 0. The molecule has 0 aliphatic rings. The Labute approximate surface area is 592 Å². The van der Waals surface area contributed by atoms with Crippen LogP contribution in [0.2, 0.25) is 0 Å². The molecule has 4 heteroatoms. The van der Waals surface area contributed by atoms with Crippen molar-refractivity contribution in [2.24, 2.45) is 0 Å². The van der Waals surface area contributed by atoms with Crippen molar-refractivity contribution in [3.63, 3.8) is 0 Å². The monoisotopic (exact) mass is 1300 g/mol. The molecule has 0 aliphatic heterocycles. The van der Waals surface area contributed by atoms with Crippen molar-refractivity contribution in [1.29, 1.82) is 0 Å². The van der Waals surface area contributed by atoms with Crippen LogP contribution in [0.5, 0.6) is 0 Å². The minimum absolute atomic E-state index is 0.887. The molecular weight excluding hydrogens is 1240 g/mol. The van der Waals surface area contributed by atoms with E-state index in [0.717, 1.165) is 128 Å². The molecule has 17 aromatic carbocycles. The molecule has 478 valence electrons. The second kappa shape index (κ2) is 25.4. The van der Waals surface area contributed by atoms with Gasteiger partial charge in [0, 0.05) is 66.3 Å². The number of para-hydroxylation sites is 3. The lowest BCUT2D eigenvalue weighted by Crippen LogP contribution is -2.11. The van der Waals surface area contributed by atoms with Crippen molar-refractivity contribution in [3.05, 3.63) is 394 Å². The molecule has 0 saturated heterocycles. The molecule has 0 fully saturated rings. The number of nitrogens with zero attached hydrogens (tertiary/aromatic N) is 3. The summed E-state index contributed by atoms with van der Waals surface area (Å²) >= 11 is 0. The predicted octanol–water partition coefficient (Wildman–Crippen LogP) is 27.6. The molecule has 19 aromatic rings. The number of hydrogen-bond donors (Lipinski definition) is 0. The van der Waals surface area contributed by atoms with E-state index in [-0.39, 0.29) is 0 Å². The van der Waals surface area contributed by atoms with E-state index >= 15 is 0 Å². The van der Waals surface area contributed by atoms with E-state index in [4.69, 9.17) is 4.42 Å². The van der Waals surface area contributed by atoms with Crippen LogP contribution in [0.1, 0.15) is 0 Å². The SMILES string of the molecule is c1ccc(-c2ccc(N(c3ccc(-c4ccc5c(c4)c4ccccc4n5-c4ccc(-c5ccc(-c6ccc(N(c7ccc(-c8cccc9c8oc8ccccc89)c(-c8ccccc8)c7)c7cccc8ccccc78)cc6)cc5)cc4)c(-c4ccccc4)c3)c3cccc4ccccc34)cc2)cc1. The van der Waals surface area contributed by atoms with Gasteiger partial charge in [0.2, 0.25) is 0 Å². The summed E-state index contributed by atoms with van der Waals surface area (Å²) in [5.41, 5.74) is 27.8. The van der Waals surface area contributed by atoms with E-state index in [0.29, 0.717) is 0 Å². The highest BCUT2D eigenvalue weighted by atomic mass is 16.3. The van der Waals surface area contributed by atoms with Gasteiger partial charge < -0.3 is 18.8 Å². The molecule has 0 atom stereocenters. The lowest BCUT2D eigenvalue weighted by Gasteiger charge is -2.28. The zero-order valence-electron chi connectivity index (χ0n) is 55.8. The smallest absolute Gasteiger partial charge is 0.143 e. The number of rotatable bonds is 14. The van der Waals surface area contributed by atoms with Gasteiger partial charge in [0.15, 0.2) is 0 Å². The number of fused-ring (bicyclic) bond motifs is 8. The molecule has 0 saturated carbocycles. The molecule has 2 heterocycles. The van der Waals surface area contributed by atoms with Crippen LogP contribution in [0.15, 0.2) is 399 Å². The molecule has 2 aromatic heterocycles. The zero-order valence-corrected chi connectivity index (χ0v) is 55.8. The summed E-state index contributed by atoms with van der Waals surface area (Å²) in [6.45, 7) is 0. The van der Waals surface area contributed by atoms with Crippen LogP contribution < -0.4 is 9.80 Å². The third-order valence-electron chi connectivity index (χ3n) is 20.4. The van der Waals surface area contributed by atoms with Gasteiger partial charge in [-0.25, -0.2) is 0 Å². The second-order valence-corrected chi connectivity index (χ2v) is 26.3. The van der Waals surface area contributed by atoms with Gasteiger partial charge in [-0.1, -0.05) is 297 Å². The van der Waals surface area contributed by atoms with E-state index in [1.54, 1.807) is 0 Å². The zero-order chi connectivity index (χ0) is 67.5. The van der Waals surface area contributed by atoms with Gasteiger partial charge in [0.1, 0.15) is 11.2 Å². The average Bonchev–Trinajstić information content (AvgIpc) is 1.57. The third kappa shape index (κ3) is 10.7. The van der Waals surface area contributed by atoms with Gasteiger partial charge in [-0.05, 0) is 180 Å². The van der Waals surface area contributed by atoms with E-state index in [9.17, 15) is 0 Å². The molecule has 0 spiro atoms. The van der Waals surface area contributed by atoms with Crippen molar-refractivity contribution in [2.75, 3.05) is 9.80 Å². The number of hydrogen-bond acceptors (Lipinski definition) is 3. The van der Waals surface area contributed by atoms with Crippen LogP contribution in [-0.2, 0) is 0 Å². The molecule has 0 N–H and O–H groups in total. The fourth-order valence-electron chi connectivity index (χ4n) is 15.5. The van der Waals surface area contributed by atoms with E-state index in [1.165, 1.54) is 54.5 Å². The summed E-state index contributed by atoms with van der Waals surface area (Å²) in [6, 6.07) is 143. The Kier molecular flexibility index (Phi) is 14.9. The number of aromatic nitrogens is 1. The van der Waals surface area contributed by atoms with E-state index in [2.05, 4.69) is 403 Å². The minimum Gasteiger partial charge on any atom is -0.455 e. The van der Waals surface area contributed by atoms with E-state index < -0.39 is 0 Å². The highest BCUT2D eigenvalue weighted by Crippen LogP contribution is 2.48. The van der Waals surface area contributed by atoms with Crippen LogP contribution in [-0.4, -0.2) is 4.57 Å². The van der Waals surface area contributed by atoms with Crippen molar-refractivity contribution in [2.45, 2.75) is 0 Å². The van der Waals surface area contributed by atoms with Crippen molar-refractivity contribution >= 4 is 99.4 Å². The Morgan fingerprint density at radius 3 is 1.17 bits per heavy atom.